The van der Waals surface area contributed by atoms with Gasteiger partial charge in [-0.25, -0.2) is 4.98 Å². The van der Waals surface area contributed by atoms with E-state index in [2.05, 4.69) is 39.9 Å². The molecule has 0 radical (unpaired) electrons. The number of fused-ring (bicyclic) bond motifs is 1. The van der Waals surface area contributed by atoms with E-state index in [4.69, 9.17) is 0 Å². The molecule has 3 rings (SSSR count). The summed E-state index contributed by atoms with van der Waals surface area (Å²) in [6.45, 7) is 0. The molecule has 0 fully saturated rings. The largest absolute Gasteiger partial charge is 0.306 e. The Hall–Kier alpha value is -1.83. The molecule has 0 saturated carbocycles. The highest BCUT2D eigenvalue weighted by Gasteiger charge is 2.13. The van der Waals surface area contributed by atoms with Crippen molar-refractivity contribution in [3.05, 3.63) is 60.2 Å². The quantitative estimate of drug-likeness (QED) is 0.661. The van der Waals surface area contributed by atoms with Crippen LogP contribution >= 0.6 is 0 Å². The lowest BCUT2D eigenvalue weighted by Crippen LogP contribution is -1.93. The highest BCUT2D eigenvalue weighted by Crippen LogP contribution is 2.27. The fraction of sp³-hybridized carbons (Fsp3) is 0.0833. The van der Waals surface area contributed by atoms with Gasteiger partial charge in [-0.3, -0.25) is 0 Å². The molecule has 0 spiro atoms. The Balaban J connectivity index is 2.14. The first-order valence-corrected chi connectivity index (χ1v) is 4.72. The predicted molar refractivity (Wildman–Crippen MR) is 55.7 cm³/mol. The van der Waals surface area contributed by atoms with E-state index in [1.54, 1.807) is 0 Å². The third-order valence-electron chi connectivity index (χ3n) is 2.59. The van der Waals surface area contributed by atoms with Gasteiger partial charge in [-0.1, -0.05) is 30.3 Å². The zero-order valence-electron chi connectivity index (χ0n) is 7.72. The number of nitrogens with zero attached hydrogens (tertiary/aromatic N) is 2. The van der Waals surface area contributed by atoms with Gasteiger partial charge >= 0.3 is 0 Å². The van der Waals surface area contributed by atoms with Crippen molar-refractivity contribution in [2.45, 2.75) is 6.42 Å². The van der Waals surface area contributed by atoms with Crippen LogP contribution in [0.4, 0.5) is 0 Å². The lowest BCUT2D eigenvalue weighted by Gasteiger charge is -2.05. The smallest absolute Gasteiger partial charge is 0.0991 e. The Bertz CT molecular complexity index is 481. The van der Waals surface area contributed by atoms with Gasteiger partial charge < -0.3 is 4.57 Å². The topological polar surface area (TPSA) is 17.8 Å². The van der Waals surface area contributed by atoms with Crippen molar-refractivity contribution in [3.63, 3.8) is 0 Å². The van der Waals surface area contributed by atoms with Crippen LogP contribution in [0.3, 0.4) is 0 Å². The molecule has 2 aromatic rings. The monoisotopic (exact) mass is 182 g/mol. The fourth-order valence-corrected chi connectivity index (χ4v) is 1.91. The van der Waals surface area contributed by atoms with Crippen LogP contribution in [0, 0.1) is 0 Å². The summed E-state index contributed by atoms with van der Waals surface area (Å²) < 4.78 is 2.06. The SMILES string of the molecule is C1=C(n2ccnc2)c2ccccc2C1. The lowest BCUT2D eigenvalue weighted by atomic mass is 10.1. The van der Waals surface area contributed by atoms with E-state index in [9.17, 15) is 0 Å². The van der Waals surface area contributed by atoms with E-state index in [1.165, 1.54) is 16.8 Å². The van der Waals surface area contributed by atoms with Crippen LogP contribution in [0.1, 0.15) is 11.1 Å². The molecule has 0 amide bonds. The second-order valence-electron chi connectivity index (χ2n) is 3.42. The van der Waals surface area contributed by atoms with Crippen molar-refractivity contribution in [1.82, 2.24) is 9.55 Å². The molecule has 1 aromatic heterocycles. The first-order valence-electron chi connectivity index (χ1n) is 4.72. The van der Waals surface area contributed by atoms with Gasteiger partial charge in [-0.05, 0) is 12.0 Å². The molecule has 14 heavy (non-hydrogen) atoms. The summed E-state index contributed by atoms with van der Waals surface area (Å²) in [6.07, 6.45) is 8.90. The second kappa shape index (κ2) is 2.84. The van der Waals surface area contributed by atoms with Crippen molar-refractivity contribution in [1.29, 1.82) is 0 Å². The van der Waals surface area contributed by atoms with Crippen LogP contribution in [0.2, 0.25) is 0 Å². The van der Waals surface area contributed by atoms with E-state index >= 15 is 0 Å². The molecule has 0 saturated heterocycles. The van der Waals surface area contributed by atoms with Crippen molar-refractivity contribution < 1.29 is 0 Å². The normalized spacial score (nSPS) is 13.9. The molecule has 0 atom stereocenters. The first kappa shape index (κ1) is 7.56. The van der Waals surface area contributed by atoms with Gasteiger partial charge in [0, 0.05) is 18.0 Å². The Morgan fingerprint density at radius 3 is 3.00 bits per heavy atom. The van der Waals surface area contributed by atoms with E-state index in [0.717, 1.165) is 6.42 Å². The van der Waals surface area contributed by atoms with Gasteiger partial charge in [0.25, 0.3) is 0 Å². The number of aromatic nitrogens is 2. The average Bonchev–Trinajstić information content (AvgIpc) is 2.85. The van der Waals surface area contributed by atoms with Gasteiger partial charge in [0.2, 0.25) is 0 Å². The molecule has 1 aliphatic carbocycles. The van der Waals surface area contributed by atoms with Crippen molar-refractivity contribution in [2.75, 3.05) is 0 Å². The maximum absolute atomic E-state index is 4.06. The number of hydrogen-bond donors (Lipinski definition) is 0. The molecule has 0 unspecified atom stereocenters. The molecule has 2 heteroatoms. The maximum Gasteiger partial charge on any atom is 0.0991 e. The molecule has 2 nitrogen and oxygen atoms in total. The summed E-state index contributed by atoms with van der Waals surface area (Å²) in [7, 11) is 0. The van der Waals surface area contributed by atoms with Gasteiger partial charge in [0.05, 0.1) is 12.0 Å². The van der Waals surface area contributed by atoms with Crippen LogP contribution in [0.15, 0.2) is 49.1 Å². The van der Waals surface area contributed by atoms with E-state index in [-0.39, 0.29) is 0 Å². The summed E-state index contributed by atoms with van der Waals surface area (Å²) in [5, 5.41) is 0. The number of benzene rings is 1. The maximum atomic E-state index is 4.06. The molecule has 1 aliphatic rings. The molecule has 1 aromatic carbocycles. The summed E-state index contributed by atoms with van der Waals surface area (Å²) in [5.41, 5.74) is 3.97. The van der Waals surface area contributed by atoms with Crippen molar-refractivity contribution in [3.8, 4) is 0 Å². The Morgan fingerprint density at radius 1 is 1.21 bits per heavy atom. The third-order valence-corrected chi connectivity index (χ3v) is 2.59. The second-order valence-corrected chi connectivity index (χ2v) is 3.42. The molecular formula is C12H10N2. The minimum absolute atomic E-state index is 1.03. The van der Waals surface area contributed by atoms with Crippen LogP contribution in [-0.2, 0) is 6.42 Å². The highest BCUT2D eigenvalue weighted by molar-refractivity contribution is 5.72. The minimum Gasteiger partial charge on any atom is -0.306 e. The van der Waals surface area contributed by atoms with Crippen molar-refractivity contribution >= 4 is 5.70 Å². The third kappa shape index (κ3) is 1.01. The first-order chi connectivity index (χ1) is 6.95. The van der Waals surface area contributed by atoms with E-state index in [1.807, 2.05) is 18.7 Å². The highest BCUT2D eigenvalue weighted by atomic mass is 15.0. The van der Waals surface area contributed by atoms with Crippen LogP contribution < -0.4 is 0 Å². The predicted octanol–water partition coefficient (Wildman–Crippen LogP) is 2.33. The number of allylic oxidation sites excluding steroid dienone is 1. The van der Waals surface area contributed by atoms with E-state index < -0.39 is 0 Å². The standard InChI is InChI=1S/C12H10N2/c1-2-4-11-10(3-1)5-6-12(11)14-8-7-13-9-14/h1-4,6-9H,5H2. The van der Waals surface area contributed by atoms with Crippen LogP contribution in [0.25, 0.3) is 5.70 Å². The summed E-state index contributed by atoms with van der Waals surface area (Å²) >= 11 is 0. The van der Waals surface area contributed by atoms with Gasteiger partial charge in [0.15, 0.2) is 0 Å². The molecule has 0 bridgehead atoms. The zero-order chi connectivity index (χ0) is 9.38. The minimum atomic E-state index is 1.03. The Kier molecular flexibility index (Phi) is 1.53. The van der Waals surface area contributed by atoms with Crippen molar-refractivity contribution in [2.24, 2.45) is 0 Å². The summed E-state index contributed by atoms with van der Waals surface area (Å²) in [5.74, 6) is 0. The van der Waals surface area contributed by atoms with E-state index in [0.29, 0.717) is 0 Å². The molecule has 0 N–H and O–H groups in total. The average molecular weight is 182 g/mol. The van der Waals surface area contributed by atoms with Crippen LogP contribution in [-0.4, -0.2) is 9.55 Å². The van der Waals surface area contributed by atoms with Crippen LogP contribution in [0.5, 0.6) is 0 Å². The Morgan fingerprint density at radius 2 is 2.14 bits per heavy atom. The van der Waals surface area contributed by atoms with Gasteiger partial charge in [-0.2, -0.15) is 0 Å². The fourth-order valence-electron chi connectivity index (χ4n) is 1.91. The van der Waals surface area contributed by atoms with Gasteiger partial charge in [-0.15, -0.1) is 0 Å². The molecule has 68 valence electrons. The zero-order valence-corrected chi connectivity index (χ0v) is 7.72. The summed E-state index contributed by atoms with van der Waals surface area (Å²) in [6, 6.07) is 8.50. The molecular weight excluding hydrogens is 172 g/mol. The summed E-state index contributed by atoms with van der Waals surface area (Å²) in [4.78, 5) is 4.06. The Labute approximate surface area is 82.5 Å². The molecule has 0 aliphatic heterocycles. The molecule has 1 heterocycles. The number of rotatable bonds is 1. The number of imidazole rings is 1. The van der Waals surface area contributed by atoms with Gasteiger partial charge in [0.1, 0.15) is 0 Å². The lowest BCUT2D eigenvalue weighted by molar-refractivity contribution is 1.09. The number of hydrogen-bond acceptors (Lipinski definition) is 1.